The van der Waals surface area contributed by atoms with E-state index in [9.17, 15) is 43.6 Å². The van der Waals surface area contributed by atoms with Gasteiger partial charge >= 0.3 is 25.6 Å². The number of hydrogen-bond donors (Lipinski definition) is 10. The van der Waals surface area contributed by atoms with E-state index in [2.05, 4.69) is 37.1 Å². The molecule has 2 aromatic rings. The zero-order valence-electron chi connectivity index (χ0n) is 35.3. The number of anilines is 1. The fraction of sp³-hybridized carbons (Fsp3) is 0.553. The van der Waals surface area contributed by atoms with Crippen molar-refractivity contribution < 1.29 is 62.2 Å². The van der Waals surface area contributed by atoms with Crippen LogP contribution in [-0.4, -0.2) is 116 Å². The number of hydroxylamine groups is 1. The molecule has 4 unspecified atom stereocenters. The van der Waals surface area contributed by atoms with Crippen molar-refractivity contribution in [3.05, 3.63) is 71.3 Å². The first-order valence-electron chi connectivity index (χ1n) is 19.9. The van der Waals surface area contributed by atoms with Crippen LogP contribution in [0.15, 0.2) is 65.0 Å². The predicted molar refractivity (Wildman–Crippen MR) is 226 cm³/mol. The summed E-state index contributed by atoms with van der Waals surface area (Å²) < 4.78 is 39.0. The van der Waals surface area contributed by atoms with E-state index in [0.29, 0.717) is 12.8 Å². The van der Waals surface area contributed by atoms with E-state index in [1.54, 1.807) is 45.0 Å². The predicted octanol–water partition coefficient (Wildman–Crippen LogP) is -0.511. The Hall–Kier alpha value is -5.46. The smallest absolute Gasteiger partial charge is 0.459 e. The Bertz CT molecular complexity index is 1970. The van der Waals surface area contributed by atoms with E-state index >= 15 is 0 Å². The summed E-state index contributed by atoms with van der Waals surface area (Å²) in [5.41, 5.74) is 18.6. The second-order valence-corrected chi connectivity index (χ2v) is 16.6. The number of aliphatic hydroxyl groups is 2. The summed E-state index contributed by atoms with van der Waals surface area (Å²) in [6, 6.07) is 6.77. The Balaban J connectivity index is 1.56. The van der Waals surface area contributed by atoms with E-state index in [1.807, 2.05) is 11.5 Å². The van der Waals surface area contributed by atoms with Crippen LogP contribution in [0.25, 0.3) is 0 Å². The number of nitrogen functional groups attached to an aromatic ring is 1. The van der Waals surface area contributed by atoms with Gasteiger partial charge in [-0.3, -0.25) is 23.7 Å². The van der Waals surface area contributed by atoms with E-state index in [-0.39, 0.29) is 51.2 Å². The highest BCUT2D eigenvalue weighted by Crippen LogP contribution is 2.43. The monoisotopic (exact) mass is 910 g/mol. The number of aliphatic hydroxyl groups excluding tert-OH is 2. The van der Waals surface area contributed by atoms with Crippen LogP contribution in [0.5, 0.6) is 0 Å². The number of benzene rings is 1. The molecule has 8 atom stereocenters. The Kier molecular flexibility index (Phi) is 20.6. The number of nitrogens with zero attached hydrogens (tertiary/aromatic N) is 3. The highest BCUT2D eigenvalue weighted by atomic mass is 31.2. The van der Waals surface area contributed by atoms with Crippen LogP contribution in [0.1, 0.15) is 71.1 Å². The average Bonchev–Trinajstić information content (AvgIpc) is 3.50. The number of esters is 1. The molecule has 1 aromatic carbocycles. The molecule has 0 spiro atoms. The van der Waals surface area contributed by atoms with Gasteiger partial charge in [0.05, 0.1) is 12.6 Å². The number of aromatic nitrogens is 2. The van der Waals surface area contributed by atoms with Gasteiger partial charge in [0.15, 0.2) is 6.23 Å². The molecule has 1 aromatic heterocycles. The number of aliphatic imine (C=N–C) groups is 1. The quantitative estimate of drug-likeness (QED) is 0.0121. The molecule has 0 radical (unpaired) electrons. The second kappa shape index (κ2) is 25.0. The van der Waals surface area contributed by atoms with Crippen LogP contribution in [0.4, 0.5) is 10.6 Å². The number of nitrogens with two attached hydrogens (primary N) is 3. The summed E-state index contributed by atoms with van der Waals surface area (Å²) in [6.45, 7) is 8.22. The van der Waals surface area contributed by atoms with Gasteiger partial charge in [0.1, 0.15) is 48.4 Å². The number of carbonyl (C=O) groups excluding carboxylic acids is 4. The molecule has 1 aliphatic rings. The third-order valence-corrected chi connectivity index (χ3v) is 9.67. The lowest BCUT2D eigenvalue weighted by molar-refractivity contribution is -0.149. The number of guanidine groups is 1. The van der Waals surface area contributed by atoms with E-state index in [1.165, 1.54) is 18.3 Å². The van der Waals surface area contributed by atoms with E-state index in [0.717, 1.165) is 10.1 Å². The van der Waals surface area contributed by atoms with Gasteiger partial charge in [-0.25, -0.2) is 24.4 Å². The zero-order valence-corrected chi connectivity index (χ0v) is 36.2. The molecule has 13 N–H and O–H groups in total. The van der Waals surface area contributed by atoms with Crippen molar-refractivity contribution in [2.45, 2.75) is 114 Å². The number of carbonyl (C=O) groups is 4. The van der Waals surface area contributed by atoms with Gasteiger partial charge < -0.3 is 62.5 Å². The number of phosphoric acid groups is 1. The largest absolute Gasteiger partial charge is 0.493 e. The summed E-state index contributed by atoms with van der Waals surface area (Å²) in [6.07, 6.45) is -2.82. The highest BCUT2D eigenvalue weighted by Gasteiger charge is 2.45. The molecular weight excluding hydrogens is 851 g/mol. The van der Waals surface area contributed by atoms with Gasteiger partial charge in [-0.1, -0.05) is 36.4 Å². The second-order valence-electron chi connectivity index (χ2n) is 15.2. The summed E-state index contributed by atoms with van der Waals surface area (Å²) in [5.74, 6) is -2.70. The molecule has 0 aliphatic carbocycles. The van der Waals surface area contributed by atoms with Crippen molar-refractivity contribution in [3.63, 3.8) is 0 Å². The summed E-state index contributed by atoms with van der Waals surface area (Å²) in [7, 11) is -4.94. The number of unbranched alkanes of at least 4 members (excludes halogenated alkanes) is 1. The summed E-state index contributed by atoms with van der Waals surface area (Å²) >= 11 is 0. The number of ether oxygens (including phenoxy) is 3. The number of amides is 3. The summed E-state index contributed by atoms with van der Waals surface area (Å²) in [4.78, 5) is 81.5. The molecule has 0 saturated carbocycles. The first-order chi connectivity index (χ1) is 29.7. The van der Waals surface area contributed by atoms with Crippen LogP contribution in [0.2, 0.25) is 0 Å². The van der Waals surface area contributed by atoms with Gasteiger partial charge in [0.2, 0.25) is 17.8 Å². The standard InChI is InChI=1S/C38H59N10O14P/c1-5-12-26(34(53)58-21-23-13-7-6-8-14-23)45-32(52)25(44-31(51)24(39)15-9-10-18-43-37(55)61-38(2,3)4)16-11-19-42-35(41)47-62-63(56,57)59-22-27-29(49)30(50)33(60-27)48-20-17-28(40)46-36(48)54/h5-8,13-14,17,20,24-27,29-30,33,49-50H,1,9-12,15-16,18-19,21-22,39H2,2-4H3,(H,43,55)(H,44,51)(H,45,52)(H,56,57)(H2,40,46,54)(H3,41,42,47)/t24?,25?,26?,27-,29-,30-,33-/m1/s1. The van der Waals surface area contributed by atoms with Crippen molar-refractivity contribution in [1.29, 1.82) is 0 Å². The van der Waals surface area contributed by atoms with Crippen molar-refractivity contribution in [3.8, 4) is 0 Å². The lowest BCUT2D eigenvalue weighted by atomic mass is 10.1. The third kappa shape index (κ3) is 18.4. The number of phosphoric ester groups is 1. The molecule has 2 heterocycles. The van der Waals surface area contributed by atoms with Crippen LogP contribution >= 0.6 is 7.82 Å². The number of rotatable bonds is 24. The lowest BCUT2D eigenvalue weighted by Crippen LogP contribution is -2.54. The maximum absolute atomic E-state index is 13.6. The molecule has 3 amide bonds. The molecule has 1 aliphatic heterocycles. The highest BCUT2D eigenvalue weighted by molar-refractivity contribution is 7.47. The van der Waals surface area contributed by atoms with Gasteiger partial charge in [0.25, 0.3) is 0 Å². The minimum Gasteiger partial charge on any atom is -0.459 e. The van der Waals surface area contributed by atoms with Crippen molar-refractivity contribution in [1.82, 2.24) is 31.0 Å². The number of alkyl carbamates (subject to hydrolysis) is 1. The fourth-order valence-corrected chi connectivity index (χ4v) is 6.29. The Morgan fingerprint density at radius 3 is 2.41 bits per heavy atom. The topological polar surface area (TPSA) is 366 Å². The van der Waals surface area contributed by atoms with Gasteiger partial charge in [-0.05, 0) is 70.9 Å². The molecule has 24 nitrogen and oxygen atoms in total. The number of hydrogen-bond acceptors (Lipinski definition) is 17. The maximum atomic E-state index is 13.6. The molecule has 1 fully saturated rings. The molecule has 1 saturated heterocycles. The Morgan fingerprint density at radius 1 is 1.05 bits per heavy atom. The van der Waals surface area contributed by atoms with Crippen LogP contribution in [0.3, 0.4) is 0 Å². The Labute approximate surface area is 363 Å². The average molecular weight is 911 g/mol. The lowest BCUT2D eigenvalue weighted by Gasteiger charge is -2.23. The molecule has 25 heteroatoms. The minimum absolute atomic E-state index is 0.0151. The molecule has 3 rings (SSSR count). The SMILES string of the molecule is C=CCC(NC(=O)C(CCCN=C(N)NOP(=O)(O)OC[C@H]1O[C@@H](n2ccc(N)nc2=O)[C@H](O)[C@@H]1O)NC(=O)C(N)CCCCNC(=O)OC(C)(C)C)C(=O)OCc1ccccc1. The molecule has 0 bridgehead atoms. The van der Waals surface area contributed by atoms with Crippen molar-refractivity contribution >= 4 is 43.5 Å². The normalized spacial score (nSPS) is 20.0. The molecule has 350 valence electrons. The molecular formula is C38H59N10O14P. The van der Waals surface area contributed by atoms with E-state index < -0.39 is 98.2 Å². The van der Waals surface area contributed by atoms with Crippen molar-refractivity contribution in [2.24, 2.45) is 16.5 Å². The van der Waals surface area contributed by atoms with Crippen LogP contribution in [-0.2, 0) is 48.9 Å². The maximum Gasteiger partial charge on any atom is 0.493 e. The van der Waals surface area contributed by atoms with Gasteiger partial charge in [-0.2, -0.15) is 9.61 Å². The van der Waals surface area contributed by atoms with Crippen LogP contribution in [0, 0.1) is 0 Å². The van der Waals surface area contributed by atoms with E-state index in [4.69, 9.17) is 35.9 Å². The summed E-state index contributed by atoms with van der Waals surface area (Å²) in [5, 5.41) is 28.6. The third-order valence-electron chi connectivity index (χ3n) is 8.87. The number of nitrogens with one attached hydrogen (secondary N) is 4. The van der Waals surface area contributed by atoms with Crippen molar-refractivity contribution in [2.75, 3.05) is 25.4 Å². The zero-order chi connectivity index (χ0) is 46.7. The minimum atomic E-state index is -4.94. The fourth-order valence-electron chi connectivity index (χ4n) is 5.70. The van der Waals surface area contributed by atoms with Gasteiger partial charge in [-0.15, -0.1) is 6.58 Å². The van der Waals surface area contributed by atoms with Gasteiger partial charge in [0, 0.05) is 19.3 Å². The first-order valence-corrected chi connectivity index (χ1v) is 21.4. The molecule has 63 heavy (non-hydrogen) atoms. The first kappa shape index (κ1) is 51.9. The van der Waals surface area contributed by atoms with Crippen LogP contribution < -0.4 is 44.3 Å². The Morgan fingerprint density at radius 2 is 1.75 bits per heavy atom.